The summed E-state index contributed by atoms with van der Waals surface area (Å²) in [5, 5.41) is 0.740. The Labute approximate surface area is 144 Å². The molecule has 0 bridgehead atoms. The lowest BCUT2D eigenvalue weighted by molar-refractivity contribution is -0.137. The lowest BCUT2D eigenvalue weighted by Crippen LogP contribution is -2.44. The van der Waals surface area contributed by atoms with Gasteiger partial charge in [0.1, 0.15) is 0 Å². The number of likely N-dealkylation sites (N-methyl/N-ethyl adjacent to an activating group) is 1. The summed E-state index contributed by atoms with van der Waals surface area (Å²) >= 11 is 5.92. The van der Waals surface area contributed by atoms with Gasteiger partial charge in [-0.05, 0) is 57.0 Å². The van der Waals surface area contributed by atoms with E-state index in [9.17, 15) is 4.79 Å². The predicted octanol–water partition coefficient (Wildman–Crippen LogP) is 3.07. The van der Waals surface area contributed by atoms with E-state index in [2.05, 4.69) is 17.7 Å². The number of carbonyl (C=O) groups is 1. The molecule has 4 heteroatoms. The maximum atomic E-state index is 12.7. The van der Waals surface area contributed by atoms with E-state index in [1.807, 2.05) is 36.2 Å². The van der Waals surface area contributed by atoms with Crippen LogP contribution in [0, 0.1) is 18.3 Å². The highest BCUT2D eigenvalue weighted by Gasteiger charge is 2.28. The lowest BCUT2D eigenvalue weighted by atomic mass is 9.94. The first-order valence-electron chi connectivity index (χ1n) is 8.18. The molecule has 1 aliphatic rings. The van der Waals surface area contributed by atoms with Crippen LogP contribution in [0.1, 0.15) is 25.3 Å². The normalized spacial score (nSPS) is 17.5. The van der Waals surface area contributed by atoms with Crippen LogP contribution in [0.4, 0.5) is 0 Å². The Kier molecular flexibility index (Phi) is 6.50. The highest BCUT2D eigenvalue weighted by molar-refractivity contribution is 6.30. The van der Waals surface area contributed by atoms with Gasteiger partial charge >= 0.3 is 0 Å². The van der Waals surface area contributed by atoms with Crippen molar-refractivity contribution in [3.63, 3.8) is 0 Å². The van der Waals surface area contributed by atoms with Gasteiger partial charge in [-0.1, -0.05) is 29.7 Å². The molecule has 1 heterocycles. The first kappa shape index (κ1) is 17.8. The van der Waals surface area contributed by atoms with E-state index in [0.29, 0.717) is 6.54 Å². The minimum Gasteiger partial charge on any atom is -0.342 e. The van der Waals surface area contributed by atoms with Crippen molar-refractivity contribution in [1.82, 2.24) is 9.80 Å². The number of benzene rings is 1. The topological polar surface area (TPSA) is 23.6 Å². The van der Waals surface area contributed by atoms with E-state index in [1.165, 1.54) is 5.56 Å². The van der Waals surface area contributed by atoms with Gasteiger partial charge in [-0.2, -0.15) is 0 Å². The Morgan fingerprint density at radius 1 is 1.39 bits per heavy atom. The van der Waals surface area contributed by atoms with Gasteiger partial charge < -0.3 is 4.90 Å². The number of nitrogens with zero attached hydrogens (tertiary/aromatic N) is 2. The van der Waals surface area contributed by atoms with Crippen molar-refractivity contribution >= 4 is 17.5 Å². The number of halogens is 1. The molecule has 0 saturated carbocycles. The van der Waals surface area contributed by atoms with Gasteiger partial charge in [-0.15, -0.1) is 6.42 Å². The Balaban J connectivity index is 1.86. The summed E-state index contributed by atoms with van der Waals surface area (Å²) < 4.78 is 0. The van der Waals surface area contributed by atoms with Gasteiger partial charge in [0.2, 0.25) is 5.91 Å². The molecule has 1 saturated heterocycles. The molecule has 1 atom stereocenters. The molecule has 23 heavy (non-hydrogen) atoms. The SMILES string of the molecule is C#CCN1CCC(C(=O)N(C)C(C)Cc2ccc(Cl)cc2)CC1. The van der Waals surface area contributed by atoms with Crippen LogP contribution in [0.5, 0.6) is 0 Å². The number of piperidine rings is 1. The summed E-state index contributed by atoms with van der Waals surface area (Å²) in [6.07, 6.45) is 7.99. The van der Waals surface area contributed by atoms with Gasteiger partial charge in [0.25, 0.3) is 0 Å². The quantitative estimate of drug-likeness (QED) is 0.774. The Bertz CT molecular complexity index is 556. The zero-order valence-corrected chi connectivity index (χ0v) is 14.7. The minimum atomic E-state index is 0.127. The fourth-order valence-electron chi connectivity index (χ4n) is 3.07. The molecule has 1 aromatic rings. The van der Waals surface area contributed by atoms with Crippen LogP contribution in [-0.4, -0.2) is 48.4 Å². The molecule has 124 valence electrons. The van der Waals surface area contributed by atoms with Gasteiger partial charge in [0.05, 0.1) is 6.54 Å². The van der Waals surface area contributed by atoms with E-state index in [-0.39, 0.29) is 17.9 Å². The predicted molar refractivity (Wildman–Crippen MR) is 95.4 cm³/mol. The van der Waals surface area contributed by atoms with E-state index >= 15 is 0 Å². The summed E-state index contributed by atoms with van der Waals surface area (Å²) in [5.41, 5.74) is 1.20. The Morgan fingerprint density at radius 2 is 2.00 bits per heavy atom. The summed E-state index contributed by atoms with van der Waals surface area (Å²) in [5.74, 6) is 3.06. The fraction of sp³-hybridized carbons (Fsp3) is 0.526. The van der Waals surface area contributed by atoms with Crippen LogP contribution in [0.25, 0.3) is 0 Å². The zero-order valence-electron chi connectivity index (χ0n) is 14.0. The molecule has 1 amide bonds. The Hall–Kier alpha value is -1.50. The van der Waals surface area contributed by atoms with Crippen molar-refractivity contribution in [3.8, 4) is 12.3 Å². The maximum absolute atomic E-state index is 12.7. The second-order valence-corrected chi connectivity index (χ2v) is 6.82. The number of hydrogen-bond acceptors (Lipinski definition) is 2. The molecular weight excluding hydrogens is 308 g/mol. The smallest absolute Gasteiger partial charge is 0.225 e. The van der Waals surface area contributed by atoms with E-state index in [1.54, 1.807) is 0 Å². The van der Waals surface area contributed by atoms with Crippen molar-refractivity contribution in [2.75, 3.05) is 26.7 Å². The summed E-state index contributed by atoms with van der Waals surface area (Å²) in [7, 11) is 1.91. The monoisotopic (exact) mass is 332 g/mol. The average molecular weight is 333 g/mol. The highest BCUT2D eigenvalue weighted by Crippen LogP contribution is 2.21. The number of hydrogen-bond donors (Lipinski definition) is 0. The van der Waals surface area contributed by atoms with Crippen molar-refractivity contribution in [2.24, 2.45) is 5.92 Å². The van der Waals surface area contributed by atoms with Crippen molar-refractivity contribution in [2.45, 2.75) is 32.2 Å². The van der Waals surface area contributed by atoms with Crippen LogP contribution in [0.2, 0.25) is 5.02 Å². The lowest BCUT2D eigenvalue weighted by Gasteiger charge is -2.34. The minimum absolute atomic E-state index is 0.127. The second-order valence-electron chi connectivity index (χ2n) is 6.38. The van der Waals surface area contributed by atoms with Gasteiger partial charge in [-0.25, -0.2) is 0 Å². The molecule has 2 rings (SSSR count). The van der Waals surface area contributed by atoms with Crippen molar-refractivity contribution in [3.05, 3.63) is 34.9 Å². The molecule has 0 aromatic heterocycles. The third-order valence-electron chi connectivity index (χ3n) is 4.70. The largest absolute Gasteiger partial charge is 0.342 e. The first-order chi connectivity index (χ1) is 11.0. The summed E-state index contributed by atoms with van der Waals surface area (Å²) in [6, 6.07) is 8.01. The number of amides is 1. The van der Waals surface area contributed by atoms with E-state index < -0.39 is 0 Å². The summed E-state index contributed by atoms with van der Waals surface area (Å²) in [4.78, 5) is 16.8. The molecule has 1 aliphatic heterocycles. The van der Waals surface area contributed by atoms with Crippen LogP contribution >= 0.6 is 11.6 Å². The average Bonchev–Trinajstić information content (AvgIpc) is 2.56. The van der Waals surface area contributed by atoms with Gasteiger partial charge in [0.15, 0.2) is 0 Å². The fourth-order valence-corrected chi connectivity index (χ4v) is 3.20. The standard InChI is InChI=1S/C19H25ClN2O/c1-4-11-22-12-9-17(10-13-22)19(23)21(3)15(2)14-16-5-7-18(20)8-6-16/h1,5-8,15,17H,9-14H2,2-3H3. The molecular formula is C19H25ClN2O. The molecule has 0 spiro atoms. The third kappa shape index (κ3) is 4.99. The van der Waals surface area contributed by atoms with Crippen LogP contribution in [-0.2, 0) is 11.2 Å². The number of likely N-dealkylation sites (tertiary alicyclic amines) is 1. The summed E-state index contributed by atoms with van der Waals surface area (Å²) in [6.45, 7) is 4.61. The zero-order chi connectivity index (χ0) is 16.8. The maximum Gasteiger partial charge on any atom is 0.225 e. The first-order valence-corrected chi connectivity index (χ1v) is 8.56. The van der Waals surface area contributed by atoms with Crippen LogP contribution in [0.3, 0.4) is 0 Å². The third-order valence-corrected chi connectivity index (χ3v) is 4.96. The molecule has 0 N–H and O–H groups in total. The number of terminal acetylenes is 1. The van der Waals surface area contributed by atoms with Gasteiger partial charge in [0, 0.05) is 24.0 Å². The van der Waals surface area contributed by atoms with Gasteiger partial charge in [-0.3, -0.25) is 9.69 Å². The van der Waals surface area contributed by atoms with Crippen molar-refractivity contribution in [1.29, 1.82) is 0 Å². The Morgan fingerprint density at radius 3 is 2.57 bits per heavy atom. The van der Waals surface area contributed by atoms with E-state index in [4.69, 9.17) is 18.0 Å². The molecule has 1 fully saturated rings. The van der Waals surface area contributed by atoms with Crippen LogP contribution in [0.15, 0.2) is 24.3 Å². The second kappa shape index (κ2) is 8.38. The molecule has 1 aromatic carbocycles. The highest BCUT2D eigenvalue weighted by atomic mass is 35.5. The van der Waals surface area contributed by atoms with E-state index in [0.717, 1.165) is 37.4 Å². The molecule has 3 nitrogen and oxygen atoms in total. The number of rotatable bonds is 5. The number of carbonyl (C=O) groups excluding carboxylic acids is 1. The van der Waals surface area contributed by atoms with Crippen LogP contribution < -0.4 is 0 Å². The van der Waals surface area contributed by atoms with Crippen molar-refractivity contribution < 1.29 is 4.79 Å². The molecule has 0 aliphatic carbocycles. The molecule has 1 unspecified atom stereocenters. The molecule has 0 radical (unpaired) electrons.